The van der Waals surface area contributed by atoms with Crippen LogP contribution in [0.25, 0.3) is 0 Å². The van der Waals surface area contributed by atoms with Gasteiger partial charge in [-0.05, 0) is 29.0 Å². The molecule has 116 valence electrons. The van der Waals surface area contributed by atoms with Crippen LogP contribution in [0.3, 0.4) is 0 Å². The van der Waals surface area contributed by atoms with Crippen LogP contribution >= 0.6 is 23.5 Å². The topological polar surface area (TPSA) is 63.9 Å². The number of nitrogens with zero attached hydrogens (tertiary/aromatic N) is 5. The highest BCUT2D eigenvalue weighted by Gasteiger charge is 2.24. The molecule has 0 saturated carbocycles. The maximum atomic E-state index is 12.6. The Bertz CT molecular complexity index is 675. The molecule has 0 aliphatic carbocycles. The molecule has 0 fully saturated rings. The van der Waals surface area contributed by atoms with Crippen molar-refractivity contribution in [2.24, 2.45) is 7.05 Å². The fraction of sp³-hybridized carbons (Fsp3) is 0.429. The predicted molar refractivity (Wildman–Crippen MR) is 88.3 cm³/mol. The van der Waals surface area contributed by atoms with Gasteiger partial charge in [-0.1, -0.05) is 30.8 Å². The minimum atomic E-state index is 0.0927. The van der Waals surface area contributed by atoms with Gasteiger partial charge >= 0.3 is 0 Å². The Balaban J connectivity index is 1.75. The fourth-order valence-corrected chi connectivity index (χ4v) is 4.13. The van der Waals surface area contributed by atoms with Gasteiger partial charge in [-0.2, -0.15) is 0 Å². The number of aromatic nitrogens is 4. The summed E-state index contributed by atoms with van der Waals surface area (Å²) in [4.78, 5) is 15.7. The summed E-state index contributed by atoms with van der Waals surface area (Å²) in [6.45, 7) is 2.96. The number of carbonyl (C=O) groups is 1. The number of carbonyl (C=O) groups excluding carboxylic acids is 1. The molecule has 0 spiro atoms. The van der Waals surface area contributed by atoms with Gasteiger partial charge in [-0.25, -0.2) is 4.68 Å². The van der Waals surface area contributed by atoms with Crippen LogP contribution in [0.2, 0.25) is 0 Å². The summed E-state index contributed by atoms with van der Waals surface area (Å²) in [5, 5.41) is 12.4. The van der Waals surface area contributed by atoms with Gasteiger partial charge in [0.05, 0.1) is 11.4 Å². The summed E-state index contributed by atoms with van der Waals surface area (Å²) in [6, 6.07) is 8.11. The molecule has 3 rings (SSSR count). The zero-order valence-corrected chi connectivity index (χ0v) is 14.1. The van der Waals surface area contributed by atoms with E-state index in [0.29, 0.717) is 16.2 Å². The molecule has 8 heteroatoms. The first kappa shape index (κ1) is 15.4. The highest BCUT2D eigenvalue weighted by atomic mass is 32.2. The van der Waals surface area contributed by atoms with E-state index in [0.717, 1.165) is 18.7 Å². The molecule has 0 unspecified atom stereocenters. The van der Waals surface area contributed by atoms with Gasteiger partial charge < -0.3 is 4.90 Å². The van der Waals surface area contributed by atoms with E-state index in [1.165, 1.54) is 16.7 Å². The first-order valence-corrected chi connectivity index (χ1v) is 8.93. The second-order valence-electron chi connectivity index (χ2n) is 5.10. The highest BCUT2D eigenvalue weighted by Crippen LogP contribution is 2.37. The molecule has 1 amide bonds. The number of tetrazole rings is 1. The minimum Gasteiger partial charge on any atom is -0.311 e. The van der Waals surface area contributed by atoms with Crippen molar-refractivity contribution < 1.29 is 4.79 Å². The van der Waals surface area contributed by atoms with Crippen molar-refractivity contribution in [2.75, 3.05) is 17.2 Å². The van der Waals surface area contributed by atoms with Crippen molar-refractivity contribution in [3.05, 3.63) is 24.3 Å². The second-order valence-corrected chi connectivity index (χ2v) is 7.53. The van der Waals surface area contributed by atoms with Crippen LogP contribution in [0.1, 0.15) is 13.3 Å². The Labute approximate surface area is 137 Å². The lowest BCUT2D eigenvalue weighted by Crippen LogP contribution is -2.33. The van der Waals surface area contributed by atoms with Gasteiger partial charge in [0, 0.05) is 23.7 Å². The number of hydrogen-bond acceptors (Lipinski definition) is 6. The normalized spacial score (nSPS) is 17.9. The van der Waals surface area contributed by atoms with Gasteiger partial charge in [0.15, 0.2) is 0 Å². The summed E-state index contributed by atoms with van der Waals surface area (Å²) in [6.07, 6.45) is 0.987. The van der Waals surface area contributed by atoms with Gasteiger partial charge in [-0.15, -0.1) is 16.9 Å². The molecular formula is C14H17N5OS2. The van der Waals surface area contributed by atoms with E-state index < -0.39 is 0 Å². The highest BCUT2D eigenvalue weighted by molar-refractivity contribution is 8.00. The van der Waals surface area contributed by atoms with Gasteiger partial charge in [0.1, 0.15) is 0 Å². The van der Waals surface area contributed by atoms with Gasteiger partial charge in [0.25, 0.3) is 0 Å². The number of amides is 1. The van der Waals surface area contributed by atoms with E-state index in [4.69, 9.17) is 0 Å². The Kier molecular flexibility index (Phi) is 4.68. The maximum Gasteiger partial charge on any atom is 0.237 e. The molecule has 2 heterocycles. The smallest absolute Gasteiger partial charge is 0.237 e. The summed E-state index contributed by atoms with van der Waals surface area (Å²) in [5.41, 5.74) is 1.01. The van der Waals surface area contributed by atoms with Crippen molar-refractivity contribution in [1.82, 2.24) is 20.2 Å². The molecular weight excluding hydrogens is 318 g/mol. The number of para-hydroxylation sites is 1. The Morgan fingerprint density at radius 3 is 3.05 bits per heavy atom. The van der Waals surface area contributed by atoms with Crippen molar-refractivity contribution in [2.45, 2.75) is 28.6 Å². The molecule has 1 atom stereocenters. The molecule has 22 heavy (non-hydrogen) atoms. The molecule has 0 radical (unpaired) electrons. The number of anilines is 1. The number of thioether (sulfide) groups is 2. The van der Waals surface area contributed by atoms with Crippen LogP contribution < -0.4 is 4.90 Å². The summed E-state index contributed by atoms with van der Waals surface area (Å²) in [5.74, 6) is 0.428. The molecule has 1 aromatic heterocycles. The second kappa shape index (κ2) is 6.70. The monoisotopic (exact) mass is 335 g/mol. The zero-order chi connectivity index (χ0) is 15.5. The molecule has 1 aliphatic heterocycles. The quantitative estimate of drug-likeness (QED) is 0.802. The SMILES string of the molecule is C[C@@H]1CCN(C(=O)CSc2nnnn2C)c2ccccc2S1. The van der Waals surface area contributed by atoms with Gasteiger partial charge in [-0.3, -0.25) is 4.79 Å². The number of hydrogen-bond donors (Lipinski definition) is 0. The van der Waals surface area contributed by atoms with Crippen LogP contribution in [-0.2, 0) is 11.8 Å². The number of benzene rings is 1. The van der Waals surface area contributed by atoms with Gasteiger partial charge in [0.2, 0.25) is 11.1 Å². The third-order valence-electron chi connectivity index (χ3n) is 3.45. The lowest BCUT2D eigenvalue weighted by atomic mass is 10.2. The Hall–Kier alpha value is -1.54. The van der Waals surface area contributed by atoms with Crippen LogP contribution in [0.5, 0.6) is 0 Å². The van der Waals surface area contributed by atoms with E-state index in [1.54, 1.807) is 11.7 Å². The van der Waals surface area contributed by atoms with Crippen LogP contribution in [0.15, 0.2) is 34.3 Å². The lowest BCUT2D eigenvalue weighted by Gasteiger charge is -2.22. The first-order valence-electron chi connectivity index (χ1n) is 7.06. The third-order valence-corrected chi connectivity index (χ3v) is 5.68. The summed E-state index contributed by atoms with van der Waals surface area (Å²) >= 11 is 3.20. The van der Waals surface area contributed by atoms with Crippen LogP contribution in [-0.4, -0.2) is 43.7 Å². The fourth-order valence-electron chi connectivity index (χ4n) is 2.29. The van der Waals surface area contributed by atoms with Crippen LogP contribution in [0, 0.1) is 0 Å². The molecule has 2 aromatic rings. The van der Waals surface area contributed by atoms with E-state index in [2.05, 4.69) is 28.5 Å². The molecule has 0 saturated heterocycles. The van der Waals surface area contributed by atoms with Crippen molar-refractivity contribution >= 4 is 35.1 Å². The number of rotatable bonds is 3. The molecule has 6 nitrogen and oxygen atoms in total. The average molecular weight is 335 g/mol. The number of fused-ring (bicyclic) bond motifs is 1. The molecule has 1 aliphatic rings. The standard InChI is InChI=1S/C14H17N5OS2/c1-10-7-8-19(11-5-3-4-6-12(11)22-10)13(20)9-21-14-15-16-17-18(14)2/h3-6,10H,7-9H2,1-2H3/t10-/m1/s1. The molecule has 0 N–H and O–H groups in total. The zero-order valence-electron chi connectivity index (χ0n) is 12.5. The van der Waals surface area contributed by atoms with E-state index in [9.17, 15) is 4.79 Å². The summed E-state index contributed by atoms with van der Waals surface area (Å²) in [7, 11) is 1.77. The Morgan fingerprint density at radius 2 is 2.27 bits per heavy atom. The average Bonchev–Trinajstić information content (AvgIpc) is 2.83. The number of aryl methyl sites for hydroxylation is 1. The first-order chi connectivity index (χ1) is 10.6. The molecule has 0 bridgehead atoms. The van der Waals surface area contributed by atoms with Crippen molar-refractivity contribution in [3.8, 4) is 0 Å². The predicted octanol–water partition coefficient (Wildman–Crippen LogP) is 2.22. The Morgan fingerprint density at radius 1 is 1.45 bits per heavy atom. The summed E-state index contributed by atoms with van der Waals surface area (Å²) < 4.78 is 1.58. The third kappa shape index (κ3) is 3.27. The van der Waals surface area contributed by atoms with E-state index in [-0.39, 0.29) is 5.91 Å². The van der Waals surface area contributed by atoms with Crippen molar-refractivity contribution in [3.63, 3.8) is 0 Å². The maximum absolute atomic E-state index is 12.6. The lowest BCUT2D eigenvalue weighted by molar-refractivity contribution is -0.116. The largest absolute Gasteiger partial charge is 0.311 e. The minimum absolute atomic E-state index is 0.0927. The van der Waals surface area contributed by atoms with E-state index >= 15 is 0 Å². The van der Waals surface area contributed by atoms with Crippen LogP contribution in [0.4, 0.5) is 5.69 Å². The van der Waals surface area contributed by atoms with E-state index in [1.807, 2.05) is 34.9 Å². The van der Waals surface area contributed by atoms with Crippen molar-refractivity contribution in [1.29, 1.82) is 0 Å². The molecule has 1 aromatic carbocycles.